The third-order valence-corrected chi connectivity index (χ3v) is 5.28. The summed E-state index contributed by atoms with van der Waals surface area (Å²) in [6.45, 7) is 0. The summed E-state index contributed by atoms with van der Waals surface area (Å²) in [6.07, 6.45) is 3.90. The van der Waals surface area contributed by atoms with Crippen LogP contribution in [0.1, 0.15) is 0 Å². The summed E-state index contributed by atoms with van der Waals surface area (Å²) < 4.78 is 8.82. The number of aromatic nitrogens is 2. The third-order valence-electron chi connectivity index (χ3n) is 3.52. The Morgan fingerprint density at radius 3 is 1.36 bits per heavy atom. The van der Waals surface area contributed by atoms with Crippen molar-refractivity contribution in [3.8, 4) is 32.0 Å². The molecule has 106 valence electrons. The Morgan fingerprint density at radius 2 is 0.955 bits per heavy atom. The predicted octanol–water partition coefficient (Wildman–Crippen LogP) is 5.60. The summed E-state index contributed by atoms with van der Waals surface area (Å²) in [5.74, 6) is 0. The quantitative estimate of drug-likeness (QED) is 0.491. The molecule has 0 saturated heterocycles. The van der Waals surface area contributed by atoms with Gasteiger partial charge in [-0.3, -0.25) is 0 Å². The maximum Gasteiger partial charge on any atom is 0.0750 e. The Balaban J connectivity index is 1.86. The smallest absolute Gasteiger partial charge is 0.0750 e. The molecule has 0 bridgehead atoms. The number of hydrogen-bond acceptors (Lipinski definition) is 4. The van der Waals surface area contributed by atoms with E-state index in [4.69, 9.17) is 0 Å². The molecule has 0 aliphatic rings. The molecule has 2 heterocycles. The van der Waals surface area contributed by atoms with Gasteiger partial charge in [-0.15, -0.1) is 0 Å². The van der Waals surface area contributed by atoms with Crippen LogP contribution in [0.25, 0.3) is 32.0 Å². The molecular weight excluding hydrogens is 308 g/mol. The summed E-state index contributed by atoms with van der Waals surface area (Å²) in [4.78, 5) is 2.38. The van der Waals surface area contributed by atoms with Crippen LogP contribution >= 0.6 is 23.1 Å². The second kappa shape index (κ2) is 5.83. The van der Waals surface area contributed by atoms with Gasteiger partial charge in [-0.2, -0.15) is 8.75 Å². The second-order valence-electron chi connectivity index (χ2n) is 4.87. The lowest BCUT2D eigenvalue weighted by atomic mass is 10.0. The fourth-order valence-electron chi connectivity index (χ4n) is 2.45. The molecule has 22 heavy (non-hydrogen) atoms. The Labute approximate surface area is 137 Å². The minimum atomic E-state index is 1.17. The highest BCUT2D eigenvalue weighted by molar-refractivity contribution is 7.17. The van der Waals surface area contributed by atoms with Gasteiger partial charge >= 0.3 is 0 Å². The molecule has 0 aliphatic heterocycles. The van der Waals surface area contributed by atoms with Gasteiger partial charge in [-0.1, -0.05) is 60.7 Å². The maximum atomic E-state index is 4.41. The molecule has 4 heteroatoms. The molecule has 0 radical (unpaired) electrons. The molecule has 0 N–H and O–H groups in total. The van der Waals surface area contributed by atoms with Crippen LogP contribution in [-0.2, 0) is 0 Å². The van der Waals surface area contributed by atoms with Crippen molar-refractivity contribution in [1.82, 2.24) is 8.75 Å². The van der Waals surface area contributed by atoms with E-state index < -0.39 is 0 Å². The largest absolute Gasteiger partial charge is 0.200 e. The van der Waals surface area contributed by atoms with Crippen LogP contribution in [-0.4, -0.2) is 8.75 Å². The van der Waals surface area contributed by atoms with Crippen molar-refractivity contribution in [2.24, 2.45) is 0 Å². The highest BCUT2D eigenvalue weighted by Gasteiger charge is 2.17. The van der Waals surface area contributed by atoms with Crippen molar-refractivity contribution in [2.45, 2.75) is 0 Å². The van der Waals surface area contributed by atoms with Crippen molar-refractivity contribution in [1.29, 1.82) is 0 Å². The van der Waals surface area contributed by atoms with E-state index in [2.05, 4.69) is 57.3 Å². The molecule has 0 atom stereocenters. The van der Waals surface area contributed by atoms with E-state index in [1.54, 1.807) is 0 Å². The first-order valence-corrected chi connectivity index (χ1v) is 8.49. The van der Waals surface area contributed by atoms with Crippen LogP contribution in [0, 0.1) is 0 Å². The molecule has 0 amide bonds. The van der Waals surface area contributed by atoms with Gasteiger partial charge in [-0.25, -0.2) is 0 Å². The van der Waals surface area contributed by atoms with Gasteiger partial charge in [0.15, 0.2) is 0 Å². The van der Waals surface area contributed by atoms with E-state index >= 15 is 0 Å². The zero-order valence-corrected chi connectivity index (χ0v) is 13.3. The van der Waals surface area contributed by atoms with E-state index in [-0.39, 0.29) is 0 Å². The Morgan fingerprint density at radius 1 is 0.545 bits per heavy atom. The van der Waals surface area contributed by atoms with E-state index in [0.717, 1.165) is 0 Å². The monoisotopic (exact) mass is 320 g/mol. The highest BCUT2D eigenvalue weighted by Crippen LogP contribution is 2.42. The number of rotatable bonds is 3. The molecule has 4 aromatic rings. The maximum absolute atomic E-state index is 4.41. The Bertz CT molecular complexity index is 804. The van der Waals surface area contributed by atoms with E-state index in [1.807, 2.05) is 24.5 Å². The van der Waals surface area contributed by atoms with Crippen molar-refractivity contribution < 1.29 is 0 Å². The first-order valence-electron chi connectivity index (χ1n) is 6.94. The molecule has 4 rings (SSSR count). The lowest BCUT2D eigenvalue weighted by Crippen LogP contribution is -1.79. The van der Waals surface area contributed by atoms with Crippen LogP contribution in [0.3, 0.4) is 0 Å². The van der Waals surface area contributed by atoms with Gasteiger partial charge in [0.05, 0.1) is 9.75 Å². The van der Waals surface area contributed by atoms with Crippen LogP contribution in [0.4, 0.5) is 0 Å². The number of hydrogen-bond donors (Lipinski definition) is 0. The minimum absolute atomic E-state index is 1.17. The first kappa shape index (κ1) is 13.4. The summed E-state index contributed by atoms with van der Waals surface area (Å²) in [5.41, 5.74) is 4.73. The lowest BCUT2D eigenvalue weighted by molar-refractivity contribution is 1.55. The normalized spacial score (nSPS) is 10.7. The topological polar surface area (TPSA) is 25.8 Å². The van der Waals surface area contributed by atoms with E-state index in [9.17, 15) is 0 Å². The summed E-state index contributed by atoms with van der Waals surface area (Å²) in [5, 5.41) is 0. The van der Waals surface area contributed by atoms with Gasteiger partial charge in [0.1, 0.15) is 0 Å². The molecule has 2 nitrogen and oxygen atoms in total. The van der Waals surface area contributed by atoms with Gasteiger partial charge in [0, 0.05) is 23.5 Å². The molecule has 0 unspecified atom stereocenters. The van der Waals surface area contributed by atoms with Crippen molar-refractivity contribution >= 4 is 23.1 Å². The predicted molar refractivity (Wildman–Crippen MR) is 94.1 cm³/mol. The molecule has 2 aromatic heterocycles. The average Bonchev–Trinajstić information content (AvgIpc) is 3.25. The van der Waals surface area contributed by atoms with Crippen molar-refractivity contribution in [2.75, 3.05) is 0 Å². The van der Waals surface area contributed by atoms with E-state index in [0.29, 0.717) is 0 Å². The van der Waals surface area contributed by atoms with Crippen molar-refractivity contribution in [3.05, 3.63) is 73.1 Å². The van der Waals surface area contributed by atoms with Crippen LogP contribution in [0.5, 0.6) is 0 Å². The first-order chi connectivity index (χ1) is 10.9. The molecule has 0 saturated carbocycles. The molecule has 0 spiro atoms. The lowest BCUT2D eigenvalue weighted by Gasteiger charge is -2.04. The van der Waals surface area contributed by atoms with Gasteiger partial charge < -0.3 is 0 Å². The Hall–Kier alpha value is -2.30. The summed E-state index contributed by atoms with van der Waals surface area (Å²) >= 11 is 3.06. The average molecular weight is 320 g/mol. The number of nitrogens with zero attached hydrogens (tertiary/aromatic N) is 2. The minimum Gasteiger partial charge on any atom is -0.200 e. The van der Waals surface area contributed by atoms with Crippen LogP contribution < -0.4 is 0 Å². The summed E-state index contributed by atoms with van der Waals surface area (Å²) in [6, 6.07) is 20.8. The second-order valence-corrected chi connectivity index (χ2v) is 6.47. The SMILES string of the molecule is c1ccc(-c2cnsc2-c2sncc2-c2ccccc2)cc1. The molecular formula is C18H12N2S2. The zero-order chi connectivity index (χ0) is 14.8. The highest BCUT2D eigenvalue weighted by atomic mass is 32.1. The van der Waals surface area contributed by atoms with Crippen molar-refractivity contribution in [3.63, 3.8) is 0 Å². The Kier molecular flexibility index (Phi) is 3.54. The molecule has 0 fully saturated rings. The standard InChI is InChI=1S/C18H12N2S2/c1-3-7-13(8-4-1)15-11-19-21-17(15)18-16(12-20-22-18)14-9-5-2-6-10-14/h1-12H. The zero-order valence-electron chi connectivity index (χ0n) is 11.6. The fraction of sp³-hybridized carbons (Fsp3) is 0. The molecule has 0 aliphatic carbocycles. The van der Waals surface area contributed by atoms with Gasteiger partial charge in [0.2, 0.25) is 0 Å². The van der Waals surface area contributed by atoms with Crippen LogP contribution in [0.2, 0.25) is 0 Å². The van der Waals surface area contributed by atoms with Gasteiger partial charge in [-0.05, 0) is 34.2 Å². The van der Waals surface area contributed by atoms with E-state index in [1.165, 1.54) is 55.1 Å². The summed E-state index contributed by atoms with van der Waals surface area (Å²) in [7, 11) is 0. The van der Waals surface area contributed by atoms with Crippen LogP contribution in [0.15, 0.2) is 73.1 Å². The fourth-order valence-corrected chi connectivity index (χ4v) is 4.13. The van der Waals surface area contributed by atoms with Gasteiger partial charge in [0.25, 0.3) is 0 Å². The molecule has 2 aromatic carbocycles. The third kappa shape index (κ3) is 2.36. The number of benzene rings is 2.